The van der Waals surface area contributed by atoms with Crippen molar-refractivity contribution in [2.45, 2.75) is 26.3 Å². The molecule has 0 spiro atoms. The second kappa shape index (κ2) is 4.92. The largest absolute Gasteiger partial charge is 0.299 e. The third-order valence-electron chi connectivity index (χ3n) is 2.69. The van der Waals surface area contributed by atoms with Crippen LogP contribution in [-0.2, 0) is 6.54 Å². The van der Waals surface area contributed by atoms with E-state index in [1.54, 1.807) is 10.7 Å². The Morgan fingerprint density at radius 3 is 2.47 bits per heavy atom. The highest BCUT2D eigenvalue weighted by molar-refractivity contribution is 9.10. The predicted octanol–water partition coefficient (Wildman–Crippen LogP) is 3.11. The molecule has 17 heavy (non-hydrogen) atoms. The number of hydrogen-bond donors (Lipinski definition) is 1. The molecular formula is C13H15BrN2O. The zero-order valence-corrected chi connectivity index (χ0v) is 11.5. The van der Waals surface area contributed by atoms with Gasteiger partial charge in [-0.25, -0.2) is 4.68 Å². The lowest BCUT2D eigenvalue weighted by atomic mass is 10.1. The lowest BCUT2D eigenvalue weighted by Crippen LogP contribution is -2.16. The summed E-state index contributed by atoms with van der Waals surface area (Å²) in [4.78, 5) is 11.7. The third-order valence-corrected chi connectivity index (χ3v) is 3.21. The summed E-state index contributed by atoms with van der Waals surface area (Å²) in [7, 11) is 0. The Labute approximate surface area is 109 Å². The number of benzene rings is 1. The summed E-state index contributed by atoms with van der Waals surface area (Å²) in [5, 5.41) is 3.14. The number of nitrogens with zero attached hydrogens (tertiary/aromatic N) is 1. The maximum Gasteiger partial charge on any atom is 0.267 e. The number of hydrogen-bond acceptors (Lipinski definition) is 1. The van der Waals surface area contributed by atoms with Crippen LogP contribution in [0.2, 0.25) is 0 Å². The van der Waals surface area contributed by atoms with Crippen LogP contribution in [0.3, 0.4) is 0 Å². The molecule has 0 saturated heterocycles. The standard InChI is InChI=1S/C13H15BrN2O/c1-9(2)12-7-13(17)16(15-12)8-10-3-5-11(14)6-4-10/h3-7,9,15H,8H2,1-2H3. The Kier molecular flexibility index (Phi) is 3.52. The summed E-state index contributed by atoms with van der Waals surface area (Å²) in [6, 6.07) is 9.64. The van der Waals surface area contributed by atoms with E-state index in [1.807, 2.05) is 24.3 Å². The number of aromatic amines is 1. The van der Waals surface area contributed by atoms with E-state index in [9.17, 15) is 4.79 Å². The van der Waals surface area contributed by atoms with Crippen molar-refractivity contribution in [3.63, 3.8) is 0 Å². The molecule has 4 heteroatoms. The predicted molar refractivity (Wildman–Crippen MR) is 72.4 cm³/mol. The van der Waals surface area contributed by atoms with Crippen LogP contribution >= 0.6 is 15.9 Å². The van der Waals surface area contributed by atoms with Crippen molar-refractivity contribution < 1.29 is 0 Å². The monoisotopic (exact) mass is 294 g/mol. The van der Waals surface area contributed by atoms with E-state index in [1.165, 1.54) is 0 Å². The van der Waals surface area contributed by atoms with E-state index >= 15 is 0 Å². The molecule has 2 aromatic rings. The summed E-state index contributed by atoms with van der Waals surface area (Å²) < 4.78 is 2.68. The quantitative estimate of drug-likeness (QED) is 0.928. The molecule has 0 unspecified atom stereocenters. The van der Waals surface area contributed by atoms with Gasteiger partial charge in [-0.1, -0.05) is 41.9 Å². The molecule has 1 heterocycles. The highest BCUT2D eigenvalue weighted by atomic mass is 79.9. The smallest absolute Gasteiger partial charge is 0.267 e. The Morgan fingerprint density at radius 2 is 1.94 bits per heavy atom. The summed E-state index contributed by atoms with van der Waals surface area (Å²) in [5.74, 6) is 0.342. The fourth-order valence-electron chi connectivity index (χ4n) is 1.64. The van der Waals surface area contributed by atoms with Gasteiger partial charge < -0.3 is 0 Å². The van der Waals surface area contributed by atoms with Gasteiger partial charge in [-0.3, -0.25) is 9.89 Å². The van der Waals surface area contributed by atoms with E-state index in [0.717, 1.165) is 15.7 Å². The zero-order chi connectivity index (χ0) is 12.4. The Balaban J connectivity index is 2.24. The third kappa shape index (κ3) is 2.88. The number of rotatable bonds is 3. The molecule has 0 bridgehead atoms. The summed E-state index contributed by atoms with van der Waals surface area (Å²) >= 11 is 3.39. The SMILES string of the molecule is CC(C)c1cc(=O)n(Cc2ccc(Br)cc2)[nH]1. The first-order valence-electron chi connectivity index (χ1n) is 5.60. The molecular weight excluding hydrogens is 280 g/mol. The maximum absolute atomic E-state index is 11.7. The normalized spacial score (nSPS) is 11.1. The van der Waals surface area contributed by atoms with E-state index in [2.05, 4.69) is 34.9 Å². The molecule has 1 aromatic heterocycles. The van der Waals surface area contributed by atoms with Gasteiger partial charge >= 0.3 is 0 Å². The van der Waals surface area contributed by atoms with E-state index < -0.39 is 0 Å². The Bertz CT molecular complexity index is 552. The molecule has 0 atom stereocenters. The molecule has 0 fully saturated rings. The van der Waals surface area contributed by atoms with Crippen LogP contribution < -0.4 is 5.56 Å². The van der Waals surface area contributed by atoms with Gasteiger partial charge in [0.15, 0.2) is 0 Å². The first-order valence-corrected chi connectivity index (χ1v) is 6.40. The van der Waals surface area contributed by atoms with Gasteiger partial charge in [0.05, 0.1) is 6.54 Å². The minimum absolute atomic E-state index is 0.0246. The van der Waals surface area contributed by atoms with Gasteiger partial charge in [-0.15, -0.1) is 0 Å². The molecule has 0 aliphatic carbocycles. The number of nitrogens with one attached hydrogen (secondary N) is 1. The van der Waals surface area contributed by atoms with Crippen LogP contribution in [0.4, 0.5) is 0 Å². The van der Waals surface area contributed by atoms with Crippen molar-refractivity contribution in [2.75, 3.05) is 0 Å². The van der Waals surface area contributed by atoms with Crippen LogP contribution in [0.15, 0.2) is 39.6 Å². The Hall–Kier alpha value is -1.29. The van der Waals surface area contributed by atoms with Crippen molar-refractivity contribution in [2.24, 2.45) is 0 Å². The molecule has 0 aliphatic heterocycles. The van der Waals surface area contributed by atoms with E-state index in [0.29, 0.717) is 12.5 Å². The molecule has 3 nitrogen and oxygen atoms in total. The molecule has 1 N–H and O–H groups in total. The fourth-order valence-corrected chi connectivity index (χ4v) is 1.90. The number of H-pyrrole nitrogens is 1. The van der Waals surface area contributed by atoms with E-state index in [-0.39, 0.29) is 5.56 Å². The summed E-state index contributed by atoms with van der Waals surface area (Å²) in [5.41, 5.74) is 2.11. The molecule has 0 saturated carbocycles. The first kappa shape index (κ1) is 12.2. The van der Waals surface area contributed by atoms with Crippen molar-refractivity contribution in [1.29, 1.82) is 0 Å². The van der Waals surface area contributed by atoms with Crippen molar-refractivity contribution in [3.05, 3.63) is 56.4 Å². The van der Waals surface area contributed by atoms with Gasteiger partial charge in [-0.05, 0) is 23.6 Å². The molecule has 2 rings (SSSR count). The van der Waals surface area contributed by atoms with Crippen LogP contribution in [0.5, 0.6) is 0 Å². The average molecular weight is 295 g/mol. The van der Waals surface area contributed by atoms with Gasteiger partial charge in [0.2, 0.25) is 0 Å². The van der Waals surface area contributed by atoms with E-state index in [4.69, 9.17) is 0 Å². The lowest BCUT2D eigenvalue weighted by Gasteiger charge is -2.04. The molecule has 0 radical (unpaired) electrons. The van der Waals surface area contributed by atoms with Crippen LogP contribution in [0, 0.1) is 0 Å². The molecule has 1 aromatic carbocycles. The minimum atomic E-state index is 0.0246. The number of halogens is 1. The minimum Gasteiger partial charge on any atom is -0.299 e. The topological polar surface area (TPSA) is 37.8 Å². The average Bonchev–Trinajstić information content (AvgIpc) is 2.64. The molecule has 0 amide bonds. The molecule has 90 valence electrons. The fraction of sp³-hybridized carbons (Fsp3) is 0.308. The highest BCUT2D eigenvalue weighted by Crippen LogP contribution is 2.12. The highest BCUT2D eigenvalue weighted by Gasteiger charge is 2.06. The van der Waals surface area contributed by atoms with Crippen molar-refractivity contribution in [3.8, 4) is 0 Å². The van der Waals surface area contributed by atoms with Crippen LogP contribution in [-0.4, -0.2) is 9.78 Å². The van der Waals surface area contributed by atoms with Crippen LogP contribution in [0.25, 0.3) is 0 Å². The first-order chi connectivity index (χ1) is 8.06. The summed E-state index contributed by atoms with van der Waals surface area (Å²) in [6.45, 7) is 4.71. The van der Waals surface area contributed by atoms with Gasteiger partial charge in [-0.2, -0.15) is 0 Å². The van der Waals surface area contributed by atoms with Gasteiger partial charge in [0.25, 0.3) is 5.56 Å². The molecule has 0 aliphatic rings. The van der Waals surface area contributed by atoms with Gasteiger partial charge in [0.1, 0.15) is 0 Å². The lowest BCUT2D eigenvalue weighted by molar-refractivity contribution is 0.640. The Morgan fingerprint density at radius 1 is 1.29 bits per heavy atom. The maximum atomic E-state index is 11.7. The summed E-state index contributed by atoms with van der Waals surface area (Å²) in [6.07, 6.45) is 0. The van der Waals surface area contributed by atoms with Crippen LogP contribution in [0.1, 0.15) is 31.0 Å². The van der Waals surface area contributed by atoms with Crippen molar-refractivity contribution in [1.82, 2.24) is 9.78 Å². The van der Waals surface area contributed by atoms with Crippen molar-refractivity contribution >= 4 is 15.9 Å². The number of aromatic nitrogens is 2. The second-order valence-electron chi connectivity index (χ2n) is 4.42. The second-order valence-corrected chi connectivity index (χ2v) is 5.33. The van der Waals surface area contributed by atoms with Gasteiger partial charge in [0, 0.05) is 16.2 Å². The zero-order valence-electron chi connectivity index (χ0n) is 9.90.